The van der Waals surface area contributed by atoms with Crippen LogP contribution in [0.2, 0.25) is 10.0 Å². The maximum Gasteiger partial charge on any atom is 0.306 e. The van der Waals surface area contributed by atoms with Gasteiger partial charge in [0.15, 0.2) is 0 Å². The zero-order chi connectivity index (χ0) is 18.0. The van der Waals surface area contributed by atoms with Gasteiger partial charge in [0.05, 0.1) is 29.1 Å². The molecule has 1 saturated heterocycles. The van der Waals surface area contributed by atoms with E-state index in [4.69, 9.17) is 33.0 Å². The highest BCUT2D eigenvalue weighted by Crippen LogP contribution is 2.33. The molecule has 1 unspecified atom stereocenters. The lowest BCUT2D eigenvalue weighted by Crippen LogP contribution is -2.45. The number of amides is 1. The number of carbonyl (C=O) groups is 2. The van der Waals surface area contributed by atoms with E-state index in [1.54, 1.807) is 12.1 Å². The minimum absolute atomic E-state index is 0.0804. The molecule has 1 atom stereocenters. The molecule has 7 heteroatoms. The third-order valence-electron chi connectivity index (χ3n) is 5.12. The number of carboxylic acid groups (broad SMARTS) is 1. The Balaban J connectivity index is 1.62. The van der Waals surface area contributed by atoms with Gasteiger partial charge in [-0.3, -0.25) is 9.59 Å². The van der Waals surface area contributed by atoms with Gasteiger partial charge in [-0.1, -0.05) is 29.3 Å². The van der Waals surface area contributed by atoms with E-state index in [1.807, 2.05) is 11.0 Å². The van der Waals surface area contributed by atoms with E-state index < -0.39 is 5.97 Å². The zero-order valence-corrected chi connectivity index (χ0v) is 15.3. The molecule has 136 valence electrons. The number of aliphatic carboxylic acids is 1. The van der Waals surface area contributed by atoms with E-state index in [9.17, 15) is 9.59 Å². The predicted octanol–water partition coefficient (Wildman–Crippen LogP) is 3.78. The highest BCUT2D eigenvalue weighted by molar-refractivity contribution is 6.42. The Labute approximate surface area is 156 Å². The van der Waals surface area contributed by atoms with Gasteiger partial charge in [-0.2, -0.15) is 0 Å². The summed E-state index contributed by atoms with van der Waals surface area (Å²) in [5.74, 6) is -1.03. The van der Waals surface area contributed by atoms with E-state index in [1.165, 1.54) is 0 Å². The minimum Gasteiger partial charge on any atom is -0.481 e. The molecular formula is C18H21Cl2NO4. The third kappa shape index (κ3) is 4.27. The molecule has 1 amide bonds. The van der Waals surface area contributed by atoms with Crippen LogP contribution in [0, 0.1) is 11.8 Å². The Kier molecular flexibility index (Phi) is 5.87. The first-order valence-electron chi connectivity index (χ1n) is 8.54. The number of rotatable bonds is 3. The van der Waals surface area contributed by atoms with Gasteiger partial charge in [-0.15, -0.1) is 0 Å². The van der Waals surface area contributed by atoms with Gasteiger partial charge in [-0.25, -0.2) is 0 Å². The number of ether oxygens (including phenoxy) is 1. The molecule has 2 fully saturated rings. The number of hydrogen-bond acceptors (Lipinski definition) is 3. The molecule has 0 aromatic heterocycles. The molecule has 1 heterocycles. The minimum atomic E-state index is -0.753. The molecule has 5 nitrogen and oxygen atoms in total. The molecule has 1 N–H and O–H groups in total. The molecule has 1 saturated carbocycles. The summed E-state index contributed by atoms with van der Waals surface area (Å²) < 4.78 is 5.80. The normalized spacial score (nSPS) is 27.1. The Morgan fingerprint density at radius 3 is 2.40 bits per heavy atom. The van der Waals surface area contributed by atoms with Crippen molar-refractivity contribution in [2.75, 3.05) is 19.7 Å². The summed E-state index contributed by atoms with van der Waals surface area (Å²) in [6, 6.07) is 5.38. The van der Waals surface area contributed by atoms with Gasteiger partial charge in [0.2, 0.25) is 5.91 Å². The second-order valence-corrected chi connectivity index (χ2v) is 7.52. The Hall–Kier alpha value is -1.30. The topological polar surface area (TPSA) is 66.8 Å². The van der Waals surface area contributed by atoms with Crippen LogP contribution in [0.4, 0.5) is 0 Å². The van der Waals surface area contributed by atoms with Crippen molar-refractivity contribution in [1.82, 2.24) is 4.90 Å². The molecule has 0 bridgehead atoms. The maximum absolute atomic E-state index is 12.8. The van der Waals surface area contributed by atoms with Crippen molar-refractivity contribution in [1.29, 1.82) is 0 Å². The average molecular weight is 386 g/mol. The fourth-order valence-corrected chi connectivity index (χ4v) is 3.92. The quantitative estimate of drug-likeness (QED) is 0.859. The highest BCUT2D eigenvalue weighted by atomic mass is 35.5. The van der Waals surface area contributed by atoms with Crippen molar-refractivity contribution in [3.8, 4) is 0 Å². The molecule has 1 aliphatic carbocycles. The molecule has 1 aromatic rings. The fraction of sp³-hybridized carbons (Fsp3) is 0.556. The lowest BCUT2D eigenvalue weighted by atomic mass is 9.81. The van der Waals surface area contributed by atoms with Crippen LogP contribution in [0.3, 0.4) is 0 Å². The molecule has 3 rings (SSSR count). The lowest BCUT2D eigenvalue weighted by Gasteiger charge is -2.36. The van der Waals surface area contributed by atoms with E-state index in [2.05, 4.69) is 0 Å². The highest BCUT2D eigenvalue weighted by Gasteiger charge is 2.34. The summed E-state index contributed by atoms with van der Waals surface area (Å²) in [5.41, 5.74) is 0.904. The summed E-state index contributed by atoms with van der Waals surface area (Å²) in [6.07, 6.45) is 2.22. The number of hydrogen-bond donors (Lipinski definition) is 1. The van der Waals surface area contributed by atoms with Gasteiger partial charge in [0, 0.05) is 12.5 Å². The first-order valence-corrected chi connectivity index (χ1v) is 9.29. The maximum atomic E-state index is 12.8. The van der Waals surface area contributed by atoms with Crippen molar-refractivity contribution in [2.24, 2.45) is 11.8 Å². The van der Waals surface area contributed by atoms with Crippen molar-refractivity contribution in [2.45, 2.75) is 31.8 Å². The summed E-state index contributed by atoms with van der Waals surface area (Å²) in [6.45, 7) is 1.52. The van der Waals surface area contributed by atoms with Crippen LogP contribution in [-0.4, -0.2) is 41.6 Å². The zero-order valence-electron chi connectivity index (χ0n) is 13.8. The SMILES string of the molecule is O=C(O)C1CCC(C(=O)N2CCOC(c3ccc(Cl)c(Cl)c3)C2)CC1. The van der Waals surface area contributed by atoms with Crippen LogP contribution in [0.25, 0.3) is 0 Å². The summed E-state index contributed by atoms with van der Waals surface area (Å²) in [4.78, 5) is 25.7. The van der Waals surface area contributed by atoms with Gasteiger partial charge >= 0.3 is 5.97 Å². The molecule has 0 spiro atoms. The first-order chi connectivity index (χ1) is 12.0. The Morgan fingerprint density at radius 2 is 1.76 bits per heavy atom. The van der Waals surface area contributed by atoms with E-state index in [0.29, 0.717) is 55.4 Å². The van der Waals surface area contributed by atoms with Crippen LogP contribution in [0.15, 0.2) is 18.2 Å². The number of halogens is 2. The molecular weight excluding hydrogens is 365 g/mol. The summed E-state index contributed by atoms with van der Waals surface area (Å²) in [5, 5.41) is 10.0. The van der Waals surface area contributed by atoms with Crippen LogP contribution in [-0.2, 0) is 14.3 Å². The molecule has 1 aliphatic heterocycles. The predicted molar refractivity (Wildman–Crippen MR) is 94.8 cm³/mol. The second kappa shape index (κ2) is 7.94. The van der Waals surface area contributed by atoms with Crippen molar-refractivity contribution in [3.05, 3.63) is 33.8 Å². The Bertz CT molecular complexity index is 658. The Morgan fingerprint density at radius 1 is 1.08 bits per heavy atom. The fourth-order valence-electron chi connectivity index (χ4n) is 3.61. The lowest BCUT2D eigenvalue weighted by molar-refractivity contribution is -0.148. The summed E-state index contributed by atoms with van der Waals surface area (Å²) >= 11 is 12.0. The summed E-state index contributed by atoms with van der Waals surface area (Å²) in [7, 11) is 0. The standard InChI is InChI=1S/C18H21Cl2NO4/c19-14-6-5-13(9-15(14)20)16-10-21(7-8-25-16)17(22)11-1-3-12(4-2-11)18(23)24/h5-6,9,11-12,16H,1-4,7-8,10H2,(H,23,24). The van der Waals surface area contributed by atoms with Gasteiger partial charge in [-0.05, 0) is 43.4 Å². The van der Waals surface area contributed by atoms with E-state index in [0.717, 1.165) is 5.56 Å². The van der Waals surface area contributed by atoms with E-state index in [-0.39, 0.29) is 23.8 Å². The molecule has 0 radical (unpaired) electrons. The van der Waals surface area contributed by atoms with Gasteiger partial charge < -0.3 is 14.7 Å². The second-order valence-electron chi connectivity index (χ2n) is 6.70. The average Bonchev–Trinajstić information content (AvgIpc) is 2.63. The van der Waals surface area contributed by atoms with Crippen LogP contribution in [0.5, 0.6) is 0 Å². The van der Waals surface area contributed by atoms with Crippen LogP contribution >= 0.6 is 23.2 Å². The molecule has 1 aromatic carbocycles. The van der Waals surface area contributed by atoms with Crippen molar-refractivity contribution < 1.29 is 19.4 Å². The van der Waals surface area contributed by atoms with Gasteiger partial charge in [0.25, 0.3) is 0 Å². The third-order valence-corrected chi connectivity index (χ3v) is 5.86. The smallest absolute Gasteiger partial charge is 0.306 e. The van der Waals surface area contributed by atoms with Gasteiger partial charge in [0.1, 0.15) is 6.10 Å². The van der Waals surface area contributed by atoms with E-state index >= 15 is 0 Å². The molecule has 25 heavy (non-hydrogen) atoms. The van der Waals surface area contributed by atoms with Crippen molar-refractivity contribution >= 4 is 35.1 Å². The van der Waals surface area contributed by atoms with Crippen LogP contribution < -0.4 is 0 Å². The largest absolute Gasteiger partial charge is 0.481 e. The monoisotopic (exact) mass is 385 g/mol. The van der Waals surface area contributed by atoms with Crippen LogP contribution in [0.1, 0.15) is 37.4 Å². The number of carbonyl (C=O) groups excluding carboxylic acids is 1. The molecule has 2 aliphatic rings. The van der Waals surface area contributed by atoms with Crippen molar-refractivity contribution in [3.63, 3.8) is 0 Å². The number of morpholine rings is 1. The number of nitrogens with zero attached hydrogens (tertiary/aromatic N) is 1. The number of carboxylic acids is 1. The first kappa shape index (κ1) is 18.5. The number of benzene rings is 1.